The Labute approximate surface area is 191 Å². The number of hydrogen-bond donors (Lipinski definition) is 2. The summed E-state index contributed by atoms with van der Waals surface area (Å²) in [5.74, 6) is 1.02. The molecule has 0 aliphatic carbocycles. The molecular weight excluding hydrogens is 426 g/mol. The third kappa shape index (κ3) is 6.49. The van der Waals surface area contributed by atoms with E-state index in [1.54, 1.807) is 0 Å². The number of amides is 2. The van der Waals surface area contributed by atoms with E-state index in [1.807, 2.05) is 48.5 Å². The molecule has 2 aromatic carbocycles. The van der Waals surface area contributed by atoms with E-state index in [-0.39, 0.29) is 30.2 Å². The summed E-state index contributed by atoms with van der Waals surface area (Å²) in [6.07, 6.45) is 0.989. The van der Waals surface area contributed by atoms with E-state index in [0.717, 1.165) is 16.9 Å². The Hall–Kier alpha value is -4.01. The monoisotopic (exact) mass is 453 g/mol. The molecule has 0 bridgehead atoms. The van der Waals surface area contributed by atoms with E-state index < -0.39 is 12.0 Å². The molecule has 1 heterocycles. The quantitative estimate of drug-likeness (QED) is 0.423. The summed E-state index contributed by atoms with van der Waals surface area (Å²) in [6, 6.07) is 15.6. The minimum atomic E-state index is -0.783. The number of carbonyl (C=O) groups is 2. The van der Waals surface area contributed by atoms with Gasteiger partial charge in [-0.15, -0.1) is 0 Å². The van der Waals surface area contributed by atoms with Crippen molar-refractivity contribution in [2.24, 2.45) is 11.5 Å². The smallest absolute Gasteiger partial charge is 0.404 e. The second-order valence-corrected chi connectivity index (χ2v) is 7.82. The molecule has 4 N–H and O–H groups in total. The Morgan fingerprint density at radius 2 is 1.48 bits per heavy atom. The summed E-state index contributed by atoms with van der Waals surface area (Å²) >= 11 is 0. The van der Waals surface area contributed by atoms with Crippen LogP contribution in [-0.4, -0.2) is 30.2 Å². The standard InChI is InChI=1S/C24H27N3O6/c1-24(2,16-4-8-18(9-5-16)30-12-3-13-31-23(26)29)17-6-10-19(11-7-17)32-15-21-27-20(14-33-21)22(25)28/h4-11,14H,3,12-13,15H2,1-2H3,(H2,25,28)(H2,26,29). The maximum absolute atomic E-state index is 11.1. The largest absolute Gasteiger partial charge is 0.493 e. The van der Waals surface area contributed by atoms with Gasteiger partial charge in [0.25, 0.3) is 5.91 Å². The van der Waals surface area contributed by atoms with Crippen molar-refractivity contribution < 1.29 is 28.2 Å². The van der Waals surface area contributed by atoms with Gasteiger partial charge in [-0.25, -0.2) is 9.78 Å². The zero-order chi connectivity index (χ0) is 23.8. The van der Waals surface area contributed by atoms with Crippen LogP contribution in [0, 0.1) is 0 Å². The molecule has 174 valence electrons. The Kier molecular flexibility index (Phi) is 7.55. The summed E-state index contributed by atoms with van der Waals surface area (Å²) in [6.45, 7) is 5.02. The van der Waals surface area contributed by atoms with Gasteiger partial charge in [0, 0.05) is 11.8 Å². The predicted octanol–water partition coefficient (Wildman–Crippen LogP) is 3.54. The third-order valence-corrected chi connectivity index (χ3v) is 5.12. The van der Waals surface area contributed by atoms with Crippen molar-refractivity contribution >= 4 is 12.0 Å². The van der Waals surface area contributed by atoms with E-state index in [9.17, 15) is 9.59 Å². The lowest BCUT2D eigenvalue weighted by Gasteiger charge is -2.26. The van der Waals surface area contributed by atoms with Gasteiger partial charge in [-0.2, -0.15) is 0 Å². The molecule has 0 aliphatic heterocycles. The Morgan fingerprint density at radius 1 is 0.909 bits per heavy atom. The Morgan fingerprint density at radius 3 is 2.00 bits per heavy atom. The van der Waals surface area contributed by atoms with Crippen molar-refractivity contribution in [2.45, 2.75) is 32.3 Å². The van der Waals surface area contributed by atoms with E-state index in [1.165, 1.54) is 6.26 Å². The molecule has 3 aromatic rings. The molecule has 0 unspecified atom stereocenters. The molecule has 0 aliphatic rings. The van der Waals surface area contributed by atoms with Gasteiger partial charge in [0.1, 0.15) is 17.8 Å². The summed E-state index contributed by atoms with van der Waals surface area (Å²) in [7, 11) is 0. The molecule has 0 fully saturated rings. The van der Waals surface area contributed by atoms with Crippen molar-refractivity contribution in [1.29, 1.82) is 0 Å². The molecule has 9 heteroatoms. The topological polar surface area (TPSA) is 140 Å². The first-order valence-electron chi connectivity index (χ1n) is 10.4. The second-order valence-electron chi connectivity index (χ2n) is 7.82. The minimum Gasteiger partial charge on any atom is -0.493 e. The van der Waals surface area contributed by atoms with E-state index in [4.69, 9.17) is 25.4 Å². The number of nitrogens with two attached hydrogens (primary N) is 2. The SMILES string of the molecule is CC(C)(c1ccc(OCCCOC(N)=O)cc1)c1ccc(OCc2nc(C(N)=O)co2)cc1. The number of nitrogens with zero attached hydrogens (tertiary/aromatic N) is 1. The van der Waals surface area contributed by atoms with Crippen LogP contribution in [0.3, 0.4) is 0 Å². The van der Waals surface area contributed by atoms with Gasteiger partial charge >= 0.3 is 6.09 Å². The highest BCUT2D eigenvalue weighted by Gasteiger charge is 2.23. The average molecular weight is 453 g/mol. The number of rotatable bonds is 11. The highest BCUT2D eigenvalue weighted by Crippen LogP contribution is 2.33. The number of oxazole rings is 1. The number of hydrogen-bond acceptors (Lipinski definition) is 7. The molecular formula is C24H27N3O6. The molecule has 0 saturated heterocycles. The second kappa shape index (κ2) is 10.5. The van der Waals surface area contributed by atoms with Crippen LogP contribution in [0.1, 0.15) is 47.8 Å². The summed E-state index contributed by atoms with van der Waals surface area (Å²) in [5.41, 5.74) is 12.1. The van der Waals surface area contributed by atoms with Gasteiger partial charge in [0.15, 0.2) is 12.3 Å². The van der Waals surface area contributed by atoms with E-state index in [0.29, 0.717) is 18.8 Å². The fraction of sp³-hybridized carbons (Fsp3) is 0.292. The maximum atomic E-state index is 11.1. The zero-order valence-electron chi connectivity index (χ0n) is 18.6. The lowest BCUT2D eigenvalue weighted by Crippen LogP contribution is -2.18. The van der Waals surface area contributed by atoms with Gasteiger partial charge < -0.3 is 30.1 Å². The van der Waals surface area contributed by atoms with Crippen molar-refractivity contribution in [3.63, 3.8) is 0 Å². The lowest BCUT2D eigenvalue weighted by atomic mass is 9.78. The van der Waals surface area contributed by atoms with Gasteiger partial charge in [0.05, 0.1) is 13.2 Å². The molecule has 33 heavy (non-hydrogen) atoms. The first kappa shape index (κ1) is 23.6. The number of aromatic nitrogens is 1. The highest BCUT2D eigenvalue weighted by atomic mass is 16.5. The highest BCUT2D eigenvalue weighted by molar-refractivity contribution is 5.90. The molecule has 0 atom stereocenters. The molecule has 0 spiro atoms. The molecule has 0 radical (unpaired) electrons. The van der Waals surface area contributed by atoms with Crippen LogP contribution in [0.4, 0.5) is 4.79 Å². The van der Waals surface area contributed by atoms with Crippen LogP contribution >= 0.6 is 0 Å². The van der Waals surface area contributed by atoms with Crippen molar-refractivity contribution in [1.82, 2.24) is 4.98 Å². The zero-order valence-corrected chi connectivity index (χ0v) is 18.6. The van der Waals surface area contributed by atoms with Gasteiger partial charge in [-0.3, -0.25) is 4.79 Å². The van der Waals surface area contributed by atoms with Crippen LogP contribution in [-0.2, 0) is 16.8 Å². The van der Waals surface area contributed by atoms with Crippen LogP contribution in [0.15, 0.2) is 59.2 Å². The lowest BCUT2D eigenvalue weighted by molar-refractivity contribution is 0.0995. The summed E-state index contributed by atoms with van der Waals surface area (Å²) < 4.78 is 21.2. The van der Waals surface area contributed by atoms with Crippen LogP contribution < -0.4 is 20.9 Å². The Bertz CT molecular complexity index is 1070. The fourth-order valence-corrected chi connectivity index (χ4v) is 3.16. The van der Waals surface area contributed by atoms with Crippen LogP contribution in [0.2, 0.25) is 0 Å². The normalized spacial score (nSPS) is 11.1. The van der Waals surface area contributed by atoms with E-state index in [2.05, 4.69) is 23.6 Å². The Balaban J connectivity index is 1.55. The number of primary amides is 2. The fourth-order valence-electron chi connectivity index (χ4n) is 3.16. The number of carbonyl (C=O) groups excluding carboxylic acids is 2. The minimum absolute atomic E-state index is 0.0687. The predicted molar refractivity (Wildman–Crippen MR) is 120 cm³/mol. The molecule has 0 saturated carbocycles. The maximum Gasteiger partial charge on any atom is 0.404 e. The summed E-state index contributed by atoms with van der Waals surface area (Å²) in [4.78, 5) is 25.6. The average Bonchev–Trinajstić information content (AvgIpc) is 3.27. The van der Waals surface area contributed by atoms with Gasteiger partial charge in [0.2, 0.25) is 5.89 Å². The molecule has 9 nitrogen and oxygen atoms in total. The molecule has 1 aromatic heterocycles. The van der Waals surface area contributed by atoms with Crippen LogP contribution in [0.5, 0.6) is 11.5 Å². The van der Waals surface area contributed by atoms with Gasteiger partial charge in [-0.05, 0) is 35.4 Å². The van der Waals surface area contributed by atoms with Crippen molar-refractivity contribution in [2.75, 3.05) is 13.2 Å². The first-order valence-corrected chi connectivity index (χ1v) is 10.4. The van der Waals surface area contributed by atoms with E-state index >= 15 is 0 Å². The molecule has 3 rings (SSSR count). The molecule has 2 amide bonds. The van der Waals surface area contributed by atoms with Crippen molar-refractivity contribution in [3.8, 4) is 11.5 Å². The van der Waals surface area contributed by atoms with Gasteiger partial charge in [-0.1, -0.05) is 38.1 Å². The third-order valence-electron chi connectivity index (χ3n) is 5.12. The number of benzene rings is 2. The number of ether oxygens (including phenoxy) is 3. The first-order chi connectivity index (χ1) is 15.8. The van der Waals surface area contributed by atoms with Crippen molar-refractivity contribution in [3.05, 3.63) is 77.5 Å². The summed E-state index contributed by atoms with van der Waals surface area (Å²) in [5, 5.41) is 0. The van der Waals surface area contributed by atoms with Crippen LogP contribution in [0.25, 0.3) is 0 Å².